The predicted octanol–water partition coefficient (Wildman–Crippen LogP) is 1.36. The SMILES string of the molecule is COC(=O)CCCN(C)c1ncc(N)cc1C. The lowest BCUT2D eigenvalue weighted by atomic mass is 10.2. The van der Waals surface area contributed by atoms with Crippen molar-refractivity contribution in [3.05, 3.63) is 17.8 Å². The number of hydrogen-bond acceptors (Lipinski definition) is 5. The molecule has 1 aromatic heterocycles. The fraction of sp³-hybridized carbons (Fsp3) is 0.500. The van der Waals surface area contributed by atoms with E-state index in [0.29, 0.717) is 12.1 Å². The molecule has 94 valence electrons. The number of carbonyl (C=O) groups excluding carboxylic acids is 1. The van der Waals surface area contributed by atoms with Gasteiger partial charge in [0.25, 0.3) is 0 Å². The number of nitrogens with two attached hydrogens (primary N) is 1. The molecule has 0 saturated carbocycles. The Kier molecular flexibility index (Phi) is 4.75. The van der Waals surface area contributed by atoms with Gasteiger partial charge in [-0.25, -0.2) is 4.98 Å². The summed E-state index contributed by atoms with van der Waals surface area (Å²) in [6, 6.07) is 1.89. The van der Waals surface area contributed by atoms with Crippen LogP contribution in [0.4, 0.5) is 11.5 Å². The van der Waals surface area contributed by atoms with Crippen molar-refractivity contribution in [2.24, 2.45) is 0 Å². The zero-order chi connectivity index (χ0) is 12.8. The largest absolute Gasteiger partial charge is 0.469 e. The summed E-state index contributed by atoms with van der Waals surface area (Å²) in [5.41, 5.74) is 7.34. The van der Waals surface area contributed by atoms with E-state index < -0.39 is 0 Å². The van der Waals surface area contributed by atoms with Gasteiger partial charge in [-0.3, -0.25) is 4.79 Å². The first kappa shape index (κ1) is 13.3. The first-order valence-corrected chi connectivity index (χ1v) is 5.54. The summed E-state index contributed by atoms with van der Waals surface area (Å²) in [7, 11) is 3.35. The van der Waals surface area contributed by atoms with Gasteiger partial charge in [-0.15, -0.1) is 0 Å². The van der Waals surface area contributed by atoms with E-state index in [9.17, 15) is 4.79 Å². The molecule has 0 aliphatic rings. The van der Waals surface area contributed by atoms with Gasteiger partial charge < -0.3 is 15.4 Å². The van der Waals surface area contributed by atoms with Crippen molar-refractivity contribution in [2.45, 2.75) is 19.8 Å². The smallest absolute Gasteiger partial charge is 0.305 e. The Hall–Kier alpha value is -1.78. The second-order valence-electron chi connectivity index (χ2n) is 4.01. The van der Waals surface area contributed by atoms with Gasteiger partial charge in [0.1, 0.15) is 5.82 Å². The number of nitrogen functional groups attached to an aromatic ring is 1. The maximum atomic E-state index is 11.0. The lowest BCUT2D eigenvalue weighted by molar-refractivity contribution is -0.140. The minimum absolute atomic E-state index is 0.180. The summed E-state index contributed by atoms with van der Waals surface area (Å²) in [4.78, 5) is 17.3. The van der Waals surface area contributed by atoms with Crippen molar-refractivity contribution >= 4 is 17.5 Å². The van der Waals surface area contributed by atoms with Crippen molar-refractivity contribution < 1.29 is 9.53 Å². The number of ether oxygens (including phenoxy) is 1. The van der Waals surface area contributed by atoms with Crippen LogP contribution in [0.3, 0.4) is 0 Å². The highest BCUT2D eigenvalue weighted by molar-refractivity contribution is 5.69. The number of anilines is 2. The second kappa shape index (κ2) is 6.08. The van der Waals surface area contributed by atoms with Crippen LogP contribution in [0.15, 0.2) is 12.3 Å². The quantitative estimate of drug-likeness (QED) is 0.783. The first-order chi connectivity index (χ1) is 8.04. The molecular formula is C12H19N3O2. The molecule has 17 heavy (non-hydrogen) atoms. The molecule has 0 aromatic carbocycles. The lowest BCUT2D eigenvalue weighted by Crippen LogP contribution is -2.21. The summed E-state index contributed by atoms with van der Waals surface area (Å²) < 4.78 is 4.59. The zero-order valence-corrected chi connectivity index (χ0v) is 10.6. The molecule has 0 aliphatic carbocycles. The van der Waals surface area contributed by atoms with Gasteiger partial charge in [0.05, 0.1) is 19.0 Å². The molecule has 0 radical (unpaired) electrons. The van der Waals surface area contributed by atoms with Gasteiger partial charge in [0, 0.05) is 20.0 Å². The van der Waals surface area contributed by atoms with E-state index in [2.05, 4.69) is 9.72 Å². The van der Waals surface area contributed by atoms with E-state index in [4.69, 9.17) is 5.73 Å². The van der Waals surface area contributed by atoms with Crippen LogP contribution in [0, 0.1) is 6.92 Å². The highest BCUT2D eigenvalue weighted by atomic mass is 16.5. The van der Waals surface area contributed by atoms with Crippen LogP contribution in [0.1, 0.15) is 18.4 Å². The fourth-order valence-corrected chi connectivity index (χ4v) is 1.66. The van der Waals surface area contributed by atoms with Crippen molar-refractivity contribution in [2.75, 3.05) is 31.3 Å². The Bertz CT molecular complexity index is 393. The molecule has 5 nitrogen and oxygen atoms in total. The maximum Gasteiger partial charge on any atom is 0.305 e. The van der Waals surface area contributed by atoms with Crippen LogP contribution >= 0.6 is 0 Å². The number of esters is 1. The zero-order valence-electron chi connectivity index (χ0n) is 10.6. The van der Waals surface area contributed by atoms with Gasteiger partial charge in [-0.2, -0.15) is 0 Å². The van der Waals surface area contributed by atoms with Gasteiger partial charge in [-0.05, 0) is 25.0 Å². The number of nitrogens with zero attached hydrogens (tertiary/aromatic N) is 2. The standard InChI is InChI=1S/C12H19N3O2/c1-9-7-10(13)8-14-12(9)15(2)6-4-5-11(16)17-3/h7-8H,4-6,13H2,1-3H3. The van der Waals surface area contributed by atoms with Crippen LogP contribution in [-0.2, 0) is 9.53 Å². The fourth-order valence-electron chi connectivity index (χ4n) is 1.66. The minimum atomic E-state index is -0.180. The normalized spacial score (nSPS) is 10.1. The molecule has 5 heteroatoms. The van der Waals surface area contributed by atoms with Crippen LogP contribution in [-0.4, -0.2) is 31.7 Å². The van der Waals surface area contributed by atoms with E-state index in [1.807, 2.05) is 24.9 Å². The number of methoxy groups -OCH3 is 1. The highest BCUT2D eigenvalue weighted by Crippen LogP contribution is 2.17. The molecule has 0 unspecified atom stereocenters. The van der Waals surface area contributed by atoms with E-state index in [1.165, 1.54) is 7.11 Å². The van der Waals surface area contributed by atoms with Gasteiger partial charge in [-0.1, -0.05) is 0 Å². The first-order valence-electron chi connectivity index (χ1n) is 5.54. The van der Waals surface area contributed by atoms with Gasteiger partial charge >= 0.3 is 5.97 Å². The number of pyridine rings is 1. The average Bonchev–Trinajstić information content (AvgIpc) is 2.28. The Morgan fingerprint density at radius 2 is 2.29 bits per heavy atom. The molecule has 0 bridgehead atoms. The van der Waals surface area contributed by atoms with Crippen LogP contribution in [0.25, 0.3) is 0 Å². The summed E-state index contributed by atoms with van der Waals surface area (Å²) in [5, 5.41) is 0. The molecule has 1 aromatic rings. The average molecular weight is 237 g/mol. The minimum Gasteiger partial charge on any atom is -0.469 e. The monoisotopic (exact) mass is 237 g/mol. The summed E-state index contributed by atoms with van der Waals surface area (Å²) in [5.74, 6) is 0.712. The molecule has 0 aliphatic heterocycles. The third kappa shape index (κ3) is 3.94. The number of carbonyl (C=O) groups is 1. The van der Waals surface area contributed by atoms with Gasteiger partial charge in [0.2, 0.25) is 0 Å². The highest BCUT2D eigenvalue weighted by Gasteiger charge is 2.07. The Morgan fingerprint density at radius 3 is 2.88 bits per heavy atom. The topological polar surface area (TPSA) is 68.5 Å². The Labute approximate surface area is 102 Å². The number of hydrogen-bond donors (Lipinski definition) is 1. The molecule has 0 saturated heterocycles. The van der Waals surface area contributed by atoms with Crippen molar-refractivity contribution in [3.63, 3.8) is 0 Å². The summed E-state index contributed by atoms with van der Waals surface area (Å²) >= 11 is 0. The number of aryl methyl sites for hydroxylation is 1. The third-order valence-electron chi connectivity index (χ3n) is 2.54. The van der Waals surface area contributed by atoms with Crippen molar-refractivity contribution in [3.8, 4) is 0 Å². The Morgan fingerprint density at radius 1 is 1.59 bits per heavy atom. The molecule has 0 amide bonds. The predicted molar refractivity (Wildman–Crippen MR) is 67.9 cm³/mol. The second-order valence-corrected chi connectivity index (χ2v) is 4.01. The van der Waals surface area contributed by atoms with E-state index in [0.717, 1.165) is 24.3 Å². The summed E-state index contributed by atoms with van der Waals surface area (Å²) in [6.07, 6.45) is 2.81. The molecule has 0 atom stereocenters. The number of rotatable bonds is 5. The van der Waals surface area contributed by atoms with Crippen molar-refractivity contribution in [1.82, 2.24) is 4.98 Å². The van der Waals surface area contributed by atoms with Crippen molar-refractivity contribution in [1.29, 1.82) is 0 Å². The van der Waals surface area contributed by atoms with Gasteiger partial charge in [0.15, 0.2) is 0 Å². The molecule has 1 heterocycles. The van der Waals surface area contributed by atoms with Crippen LogP contribution < -0.4 is 10.6 Å². The van der Waals surface area contributed by atoms with E-state index >= 15 is 0 Å². The molecule has 0 spiro atoms. The number of aromatic nitrogens is 1. The van der Waals surface area contributed by atoms with Crippen LogP contribution in [0.5, 0.6) is 0 Å². The van der Waals surface area contributed by atoms with E-state index in [-0.39, 0.29) is 5.97 Å². The Balaban J connectivity index is 2.52. The maximum absolute atomic E-state index is 11.0. The van der Waals surface area contributed by atoms with Crippen LogP contribution in [0.2, 0.25) is 0 Å². The molecule has 1 rings (SSSR count). The lowest BCUT2D eigenvalue weighted by Gasteiger charge is -2.19. The summed E-state index contributed by atoms with van der Waals surface area (Å²) in [6.45, 7) is 2.72. The van der Waals surface area contributed by atoms with E-state index in [1.54, 1.807) is 6.20 Å². The molecule has 0 fully saturated rings. The molecular weight excluding hydrogens is 218 g/mol. The third-order valence-corrected chi connectivity index (χ3v) is 2.54. The molecule has 2 N–H and O–H groups in total.